The lowest BCUT2D eigenvalue weighted by atomic mass is 9.96. The summed E-state index contributed by atoms with van der Waals surface area (Å²) in [6.07, 6.45) is 0.184. The third kappa shape index (κ3) is 7.84. The second kappa shape index (κ2) is 13.0. The van der Waals surface area contributed by atoms with E-state index in [1.165, 1.54) is 0 Å². The molecule has 0 bridgehead atoms. The van der Waals surface area contributed by atoms with Crippen LogP contribution in [0.15, 0.2) is 66.7 Å². The summed E-state index contributed by atoms with van der Waals surface area (Å²) in [5.74, 6) is -0.927. The molecule has 0 spiro atoms. The fraction of sp³-hybridized carbons (Fsp3) is 0.424. The summed E-state index contributed by atoms with van der Waals surface area (Å²) in [5.41, 5.74) is 1.75. The monoisotopic (exact) mass is 545 g/mol. The summed E-state index contributed by atoms with van der Waals surface area (Å²) < 4.78 is 5.44. The van der Waals surface area contributed by atoms with E-state index in [4.69, 9.17) is 4.74 Å². The Balaban J connectivity index is 2.01. The average molecular weight is 546 g/mol. The van der Waals surface area contributed by atoms with Crippen LogP contribution in [-0.4, -0.2) is 40.5 Å². The molecule has 7 heteroatoms. The zero-order valence-electron chi connectivity index (χ0n) is 24.9. The Hall–Kier alpha value is -3.87. The molecule has 0 aliphatic heterocycles. The number of carbonyl (C=O) groups excluding carboxylic acids is 3. The normalized spacial score (nSPS) is 13.2. The Morgan fingerprint density at radius 3 is 2.05 bits per heavy atom. The summed E-state index contributed by atoms with van der Waals surface area (Å²) in [7, 11) is 0. The van der Waals surface area contributed by atoms with Crippen LogP contribution in [0.4, 0.5) is 10.5 Å². The molecule has 2 N–H and O–H groups in total. The molecule has 0 aliphatic carbocycles. The van der Waals surface area contributed by atoms with Gasteiger partial charge in [0.2, 0.25) is 5.91 Å². The molecule has 7 nitrogen and oxygen atoms in total. The molecule has 0 fully saturated rings. The van der Waals surface area contributed by atoms with Crippen LogP contribution < -0.4 is 10.6 Å². The average Bonchev–Trinajstić information content (AvgIpc) is 2.88. The molecule has 3 rings (SSSR count). The largest absolute Gasteiger partial charge is 0.444 e. The lowest BCUT2D eigenvalue weighted by Crippen LogP contribution is -2.56. The maximum Gasteiger partial charge on any atom is 0.408 e. The highest BCUT2D eigenvalue weighted by Gasteiger charge is 2.39. The number of anilines is 1. The van der Waals surface area contributed by atoms with E-state index in [0.717, 1.165) is 22.8 Å². The molecule has 0 aliphatic rings. The van der Waals surface area contributed by atoms with Crippen molar-refractivity contribution in [2.75, 3.05) is 5.32 Å². The molecule has 2 unspecified atom stereocenters. The summed E-state index contributed by atoms with van der Waals surface area (Å²) >= 11 is 0. The molecule has 0 saturated heterocycles. The third-order valence-corrected chi connectivity index (χ3v) is 6.66. The van der Waals surface area contributed by atoms with Crippen molar-refractivity contribution in [3.8, 4) is 0 Å². The third-order valence-electron chi connectivity index (χ3n) is 6.66. The smallest absolute Gasteiger partial charge is 0.408 e. The van der Waals surface area contributed by atoms with Gasteiger partial charge in [-0.15, -0.1) is 0 Å². The van der Waals surface area contributed by atoms with Gasteiger partial charge in [-0.3, -0.25) is 9.59 Å². The summed E-state index contributed by atoms with van der Waals surface area (Å²) in [5, 5.41) is 7.87. The first-order valence-corrected chi connectivity index (χ1v) is 14.0. The number of rotatable bonds is 9. The van der Waals surface area contributed by atoms with E-state index in [0.29, 0.717) is 11.3 Å². The van der Waals surface area contributed by atoms with Crippen LogP contribution in [0.25, 0.3) is 10.8 Å². The first kappa shape index (κ1) is 30.7. The van der Waals surface area contributed by atoms with Crippen LogP contribution >= 0.6 is 0 Å². The minimum atomic E-state index is -0.924. The number of ether oxygens (including phenoxy) is 1. The van der Waals surface area contributed by atoms with Gasteiger partial charge >= 0.3 is 6.09 Å². The molecule has 214 valence electrons. The van der Waals surface area contributed by atoms with Crippen molar-refractivity contribution in [2.45, 2.75) is 85.5 Å². The Kier molecular flexibility index (Phi) is 9.96. The van der Waals surface area contributed by atoms with Crippen LogP contribution in [0.2, 0.25) is 0 Å². The van der Waals surface area contributed by atoms with Crippen LogP contribution in [-0.2, 0) is 20.7 Å². The number of benzene rings is 3. The Morgan fingerprint density at radius 2 is 1.50 bits per heavy atom. The number of aryl methyl sites for hydroxylation is 1. The topological polar surface area (TPSA) is 87.7 Å². The highest BCUT2D eigenvalue weighted by atomic mass is 16.6. The van der Waals surface area contributed by atoms with E-state index in [2.05, 4.69) is 17.6 Å². The summed E-state index contributed by atoms with van der Waals surface area (Å²) in [4.78, 5) is 42.5. The lowest BCUT2D eigenvalue weighted by molar-refractivity contribution is -0.143. The van der Waals surface area contributed by atoms with Crippen molar-refractivity contribution in [3.05, 3.63) is 77.9 Å². The van der Waals surface area contributed by atoms with E-state index < -0.39 is 23.8 Å². The molecule has 3 aromatic rings. The van der Waals surface area contributed by atoms with E-state index in [1.807, 2.05) is 94.4 Å². The number of fused-ring (bicyclic) bond motifs is 1. The zero-order chi connectivity index (χ0) is 29.6. The number of carbonyl (C=O) groups is 3. The first-order valence-electron chi connectivity index (χ1n) is 14.0. The lowest BCUT2D eigenvalue weighted by Gasteiger charge is -2.38. The second-order valence-corrected chi connectivity index (χ2v) is 11.8. The van der Waals surface area contributed by atoms with Gasteiger partial charge in [0, 0.05) is 11.7 Å². The predicted molar refractivity (Wildman–Crippen MR) is 161 cm³/mol. The molecular weight excluding hydrogens is 502 g/mol. The van der Waals surface area contributed by atoms with Gasteiger partial charge in [-0.2, -0.15) is 0 Å². The minimum Gasteiger partial charge on any atom is -0.444 e. The molecule has 3 amide bonds. The Bertz CT molecular complexity index is 1330. The maximum atomic E-state index is 14.2. The second-order valence-electron chi connectivity index (χ2n) is 11.8. The van der Waals surface area contributed by atoms with Crippen molar-refractivity contribution in [1.29, 1.82) is 0 Å². The molecule has 40 heavy (non-hydrogen) atoms. The van der Waals surface area contributed by atoms with E-state index in [1.54, 1.807) is 25.7 Å². The number of alkyl carbamates (subject to hydrolysis) is 1. The van der Waals surface area contributed by atoms with Gasteiger partial charge in [-0.1, -0.05) is 75.4 Å². The van der Waals surface area contributed by atoms with E-state index in [-0.39, 0.29) is 23.8 Å². The maximum absolute atomic E-state index is 14.2. The minimum absolute atomic E-state index is 0.243. The molecule has 3 aromatic carbocycles. The van der Waals surface area contributed by atoms with Gasteiger partial charge < -0.3 is 20.3 Å². The number of nitrogens with one attached hydrogen (secondary N) is 2. The van der Waals surface area contributed by atoms with Crippen molar-refractivity contribution in [2.24, 2.45) is 5.92 Å². The highest BCUT2D eigenvalue weighted by molar-refractivity contribution is 6.00. The predicted octanol–water partition coefficient (Wildman–Crippen LogP) is 6.87. The van der Waals surface area contributed by atoms with Crippen molar-refractivity contribution in [1.82, 2.24) is 10.2 Å². The number of amides is 3. The molecule has 0 aromatic heterocycles. The number of nitrogens with zero attached hydrogens (tertiary/aromatic N) is 1. The summed E-state index contributed by atoms with van der Waals surface area (Å²) in [6, 6.07) is 19.3. The van der Waals surface area contributed by atoms with Gasteiger partial charge in [0.15, 0.2) is 0 Å². The van der Waals surface area contributed by atoms with Gasteiger partial charge in [0.25, 0.3) is 5.91 Å². The number of hydrogen-bond donors (Lipinski definition) is 2. The van der Waals surface area contributed by atoms with Gasteiger partial charge in [-0.05, 0) is 81.0 Å². The van der Waals surface area contributed by atoms with Crippen LogP contribution in [0.1, 0.15) is 72.6 Å². The zero-order valence-corrected chi connectivity index (χ0v) is 24.9. The van der Waals surface area contributed by atoms with Crippen LogP contribution in [0.3, 0.4) is 0 Å². The van der Waals surface area contributed by atoms with E-state index in [9.17, 15) is 14.4 Å². The van der Waals surface area contributed by atoms with Crippen LogP contribution in [0.5, 0.6) is 0 Å². The van der Waals surface area contributed by atoms with Crippen molar-refractivity contribution in [3.63, 3.8) is 0 Å². The van der Waals surface area contributed by atoms with Gasteiger partial charge in [0.1, 0.15) is 17.7 Å². The van der Waals surface area contributed by atoms with Crippen LogP contribution in [0, 0.1) is 5.92 Å². The summed E-state index contributed by atoms with van der Waals surface area (Å²) in [6.45, 7) is 14.8. The SMILES string of the molecule is CCc1ccc(C(C(=O)Nc2ccc3ccccc3c2)N(C(=O)C(NC(=O)OC(C)(C)C)C(C)C)C(C)C)cc1. The highest BCUT2D eigenvalue weighted by Crippen LogP contribution is 2.29. The molecule has 0 saturated carbocycles. The number of hydrogen-bond acceptors (Lipinski definition) is 4. The fourth-order valence-corrected chi connectivity index (χ4v) is 4.64. The van der Waals surface area contributed by atoms with E-state index >= 15 is 0 Å². The molecule has 0 radical (unpaired) electrons. The van der Waals surface area contributed by atoms with Crippen molar-refractivity contribution >= 4 is 34.4 Å². The fourth-order valence-electron chi connectivity index (χ4n) is 4.64. The molecule has 0 heterocycles. The van der Waals surface area contributed by atoms with Crippen molar-refractivity contribution < 1.29 is 19.1 Å². The quantitative estimate of drug-likeness (QED) is 0.307. The Morgan fingerprint density at radius 1 is 0.875 bits per heavy atom. The van der Waals surface area contributed by atoms with Gasteiger partial charge in [-0.25, -0.2) is 4.79 Å². The standard InChI is InChI=1S/C33H43N3O4/c1-9-23-14-16-25(17-15-23)29(30(37)34-27-19-18-24-12-10-11-13-26(24)20-27)36(22(4)5)31(38)28(21(2)3)35-32(39)40-33(6,7)8/h10-22,28-29H,9H2,1-8H3,(H,34,37)(H,35,39). The van der Waals surface area contributed by atoms with Gasteiger partial charge in [0.05, 0.1) is 0 Å². The molecular formula is C33H43N3O4. The Labute approximate surface area is 238 Å². The molecule has 2 atom stereocenters. The first-order chi connectivity index (χ1) is 18.8.